The molecule has 0 bridgehead atoms. The molecule has 5 aromatic carbocycles. The molecule has 0 saturated heterocycles. The van der Waals surface area contributed by atoms with Crippen molar-refractivity contribution >= 4 is 32.3 Å². The SMILES string of the molecule is N#Cc1cc2c(-c3ccc4ccccc4c3)nn(C(c3ccccc3)(c3ccccc3)c3ccccc3)c2s1. The predicted octanol–water partition coefficient (Wildman–Crippen LogP) is 8.63. The van der Waals surface area contributed by atoms with Crippen LogP contribution in [0.15, 0.2) is 140 Å². The van der Waals surface area contributed by atoms with Crippen LogP contribution in [-0.2, 0) is 5.54 Å². The molecule has 0 saturated carbocycles. The van der Waals surface area contributed by atoms with Gasteiger partial charge in [0.05, 0.1) is 0 Å². The second-order valence-corrected chi connectivity index (χ2v) is 10.6. The summed E-state index contributed by atoms with van der Waals surface area (Å²) in [5, 5.41) is 18.7. The molecule has 0 radical (unpaired) electrons. The van der Waals surface area contributed by atoms with E-state index in [0.29, 0.717) is 4.88 Å². The fourth-order valence-corrected chi connectivity index (χ4v) is 6.61. The lowest BCUT2D eigenvalue weighted by molar-refractivity contribution is 0.479. The Morgan fingerprint density at radius 3 is 1.72 bits per heavy atom. The summed E-state index contributed by atoms with van der Waals surface area (Å²) >= 11 is 1.49. The van der Waals surface area contributed by atoms with E-state index in [1.807, 2.05) is 24.3 Å². The molecule has 0 unspecified atom stereocenters. The topological polar surface area (TPSA) is 41.6 Å². The Balaban J connectivity index is 1.62. The van der Waals surface area contributed by atoms with E-state index in [0.717, 1.165) is 43.6 Å². The largest absolute Gasteiger partial charge is 0.234 e. The Labute approximate surface area is 230 Å². The highest BCUT2D eigenvalue weighted by Crippen LogP contribution is 2.45. The van der Waals surface area contributed by atoms with Crippen molar-refractivity contribution in [3.8, 4) is 17.3 Å². The minimum Gasteiger partial charge on any atom is -0.234 e. The fraction of sp³-hybridized carbons (Fsp3) is 0.0286. The van der Waals surface area contributed by atoms with E-state index in [1.165, 1.54) is 16.7 Å². The molecule has 0 atom stereocenters. The highest BCUT2D eigenvalue weighted by molar-refractivity contribution is 7.19. The standard InChI is InChI=1S/C35H23N3S/c36-24-31-23-32-33(27-21-20-25-12-10-11-13-26(25)22-27)37-38(34(32)39-31)35(28-14-4-1-5-15-28,29-16-6-2-7-17-29)30-18-8-3-9-19-30/h1-23H. The van der Waals surface area contributed by atoms with Crippen LogP contribution in [0.2, 0.25) is 0 Å². The van der Waals surface area contributed by atoms with Gasteiger partial charge in [-0.3, -0.25) is 0 Å². The summed E-state index contributed by atoms with van der Waals surface area (Å²) in [4.78, 5) is 1.63. The van der Waals surface area contributed by atoms with E-state index < -0.39 is 5.54 Å². The van der Waals surface area contributed by atoms with Crippen LogP contribution in [0.4, 0.5) is 0 Å². The highest BCUT2D eigenvalue weighted by Gasteiger charge is 2.41. The molecule has 0 amide bonds. The average molecular weight is 518 g/mol. The molecule has 4 heteroatoms. The number of fused-ring (bicyclic) bond motifs is 2. The molecule has 0 fully saturated rings. The smallest absolute Gasteiger partial charge is 0.139 e. The van der Waals surface area contributed by atoms with Crippen molar-refractivity contribution in [2.75, 3.05) is 0 Å². The molecule has 2 aromatic heterocycles. The van der Waals surface area contributed by atoms with Gasteiger partial charge in [0, 0.05) is 10.9 Å². The maximum Gasteiger partial charge on any atom is 0.139 e. The van der Waals surface area contributed by atoms with Crippen LogP contribution in [-0.4, -0.2) is 9.78 Å². The van der Waals surface area contributed by atoms with Gasteiger partial charge in [0.1, 0.15) is 27.0 Å². The van der Waals surface area contributed by atoms with Gasteiger partial charge < -0.3 is 0 Å². The minimum absolute atomic E-state index is 0.668. The second kappa shape index (κ2) is 9.40. The van der Waals surface area contributed by atoms with Gasteiger partial charge in [-0.1, -0.05) is 127 Å². The maximum absolute atomic E-state index is 9.94. The number of aromatic nitrogens is 2. The first-order valence-corrected chi connectivity index (χ1v) is 13.7. The first-order chi connectivity index (χ1) is 19.3. The maximum atomic E-state index is 9.94. The molecule has 184 valence electrons. The van der Waals surface area contributed by atoms with E-state index in [2.05, 4.69) is 126 Å². The normalized spacial score (nSPS) is 11.6. The summed E-state index contributed by atoms with van der Waals surface area (Å²) in [5.74, 6) is 0. The van der Waals surface area contributed by atoms with Crippen LogP contribution in [0, 0.1) is 11.3 Å². The van der Waals surface area contributed by atoms with Gasteiger partial charge in [-0.2, -0.15) is 10.4 Å². The monoisotopic (exact) mass is 517 g/mol. The van der Waals surface area contributed by atoms with E-state index >= 15 is 0 Å². The lowest BCUT2D eigenvalue weighted by Gasteiger charge is -2.36. The third-order valence-corrected chi connectivity index (χ3v) is 8.40. The number of hydrogen-bond acceptors (Lipinski definition) is 3. The second-order valence-electron chi connectivity index (χ2n) is 9.57. The van der Waals surface area contributed by atoms with Gasteiger partial charge in [0.25, 0.3) is 0 Å². The van der Waals surface area contributed by atoms with Crippen molar-refractivity contribution in [1.82, 2.24) is 9.78 Å². The van der Waals surface area contributed by atoms with Gasteiger partial charge in [-0.15, -0.1) is 11.3 Å². The van der Waals surface area contributed by atoms with Gasteiger partial charge >= 0.3 is 0 Å². The number of rotatable bonds is 5. The molecule has 0 spiro atoms. The van der Waals surface area contributed by atoms with Crippen LogP contribution in [0.5, 0.6) is 0 Å². The third kappa shape index (κ3) is 3.67. The zero-order valence-electron chi connectivity index (χ0n) is 21.0. The summed E-state index contributed by atoms with van der Waals surface area (Å²) in [5.41, 5.74) is 4.45. The van der Waals surface area contributed by atoms with Crippen LogP contribution >= 0.6 is 11.3 Å². The minimum atomic E-state index is -0.755. The first-order valence-electron chi connectivity index (χ1n) is 12.9. The van der Waals surface area contributed by atoms with Gasteiger partial charge in [-0.05, 0) is 39.6 Å². The fourth-order valence-electron chi connectivity index (χ4n) is 5.64. The van der Waals surface area contributed by atoms with E-state index in [4.69, 9.17) is 5.10 Å². The van der Waals surface area contributed by atoms with Crippen molar-refractivity contribution in [2.24, 2.45) is 0 Å². The molecule has 0 aliphatic rings. The molecule has 0 N–H and O–H groups in total. The molecular formula is C35H23N3S. The van der Waals surface area contributed by atoms with Crippen molar-refractivity contribution < 1.29 is 0 Å². The lowest BCUT2D eigenvalue weighted by atomic mass is 9.77. The summed E-state index contributed by atoms with van der Waals surface area (Å²) in [6.07, 6.45) is 0. The van der Waals surface area contributed by atoms with Gasteiger partial charge in [0.2, 0.25) is 0 Å². The van der Waals surface area contributed by atoms with E-state index in [1.54, 1.807) is 0 Å². The van der Waals surface area contributed by atoms with E-state index in [9.17, 15) is 5.26 Å². The van der Waals surface area contributed by atoms with Crippen molar-refractivity contribution in [3.05, 3.63) is 161 Å². The Bertz CT molecular complexity index is 1870. The van der Waals surface area contributed by atoms with Gasteiger partial charge in [-0.25, -0.2) is 4.68 Å². The summed E-state index contributed by atoms with van der Waals surface area (Å²) in [7, 11) is 0. The molecule has 0 aliphatic heterocycles. The van der Waals surface area contributed by atoms with Crippen molar-refractivity contribution in [2.45, 2.75) is 5.54 Å². The number of nitrogens with zero attached hydrogens (tertiary/aromatic N) is 3. The molecule has 7 rings (SSSR count). The van der Waals surface area contributed by atoms with Crippen molar-refractivity contribution in [1.29, 1.82) is 5.26 Å². The summed E-state index contributed by atoms with van der Waals surface area (Å²) < 4.78 is 2.15. The predicted molar refractivity (Wildman–Crippen MR) is 160 cm³/mol. The molecule has 0 aliphatic carbocycles. The Kier molecular flexibility index (Phi) is 5.58. The van der Waals surface area contributed by atoms with Crippen LogP contribution in [0.1, 0.15) is 21.6 Å². The summed E-state index contributed by atoms with van der Waals surface area (Å²) in [6, 6.07) is 50.8. The molecule has 39 heavy (non-hydrogen) atoms. The van der Waals surface area contributed by atoms with E-state index in [-0.39, 0.29) is 0 Å². The number of thiophene rings is 1. The Hall–Kier alpha value is -4.98. The highest BCUT2D eigenvalue weighted by atomic mass is 32.1. The lowest BCUT2D eigenvalue weighted by Crippen LogP contribution is -2.38. The van der Waals surface area contributed by atoms with Crippen LogP contribution in [0.3, 0.4) is 0 Å². The number of nitriles is 1. The third-order valence-electron chi connectivity index (χ3n) is 7.39. The van der Waals surface area contributed by atoms with Gasteiger partial charge in [0.15, 0.2) is 0 Å². The molecular weight excluding hydrogens is 494 g/mol. The zero-order chi connectivity index (χ0) is 26.2. The average Bonchev–Trinajstić information content (AvgIpc) is 3.59. The molecule has 7 aromatic rings. The zero-order valence-corrected chi connectivity index (χ0v) is 21.8. The number of benzene rings is 5. The van der Waals surface area contributed by atoms with Crippen LogP contribution < -0.4 is 0 Å². The summed E-state index contributed by atoms with van der Waals surface area (Å²) in [6.45, 7) is 0. The first kappa shape index (κ1) is 23.2. The quantitative estimate of drug-likeness (QED) is 0.214. The Morgan fingerprint density at radius 1 is 0.615 bits per heavy atom. The Morgan fingerprint density at radius 2 is 1.15 bits per heavy atom. The molecule has 2 heterocycles. The molecule has 3 nitrogen and oxygen atoms in total. The number of hydrogen-bond donors (Lipinski definition) is 0. The van der Waals surface area contributed by atoms with Crippen LogP contribution in [0.25, 0.3) is 32.2 Å². The van der Waals surface area contributed by atoms with Crippen molar-refractivity contribution in [3.63, 3.8) is 0 Å².